The highest BCUT2D eigenvalue weighted by Gasteiger charge is 2.45. The van der Waals surface area contributed by atoms with Crippen molar-refractivity contribution in [3.63, 3.8) is 0 Å². The summed E-state index contributed by atoms with van der Waals surface area (Å²) in [6.45, 7) is -1.12. The lowest BCUT2D eigenvalue weighted by Gasteiger charge is -2.32. The molecule has 0 amide bonds. The van der Waals surface area contributed by atoms with Crippen LogP contribution in [0.4, 0.5) is 0 Å². The number of aliphatic hydroxyl groups excluding tert-OH is 1. The number of benzene rings is 4. The van der Waals surface area contributed by atoms with Crippen LogP contribution in [0.2, 0.25) is 0 Å². The average Bonchev–Trinajstić information content (AvgIpc) is 3.16. The second kappa shape index (κ2) is 12.6. The number of hydrogen-bond donors (Lipinski definition) is 13. The first kappa shape index (κ1) is 36.4. The van der Waals surface area contributed by atoms with Crippen molar-refractivity contribution in [2.45, 2.75) is 18.5 Å². The quantitative estimate of drug-likeness (QED) is 0.0783. The number of carbonyl (C=O) groups is 2. The van der Waals surface area contributed by atoms with Crippen LogP contribution in [0.5, 0.6) is 69.0 Å². The Balaban J connectivity index is 1.60. The fourth-order valence-corrected chi connectivity index (χ4v) is 6.15. The molecule has 3 unspecified atom stereocenters. The number of aromatic hydroxyl groups is 12. The van der Waals surface area contributed by atoms with Gasteiger partial charge in [-0.3, -0.25) is 0 Å². The van der Waals surface area contributed by atoms with E-state index in [0.717, 1.165) is 0 Å². The Morgan fingerprint density at radius 2 is 0.911 bits per heavy atom. The van der Waals surface area contributed by atoms with Crippen LogP contribution in [0.25, 0.3) is 32.7 Å². The van der Waals surface area contributed by atoms with Crippen LogP contribution in [-0.4, -0.2) is 91.0 Å². The molecule has 0 bridgehead atoms. The predicted molar refractivity (Wildman–Crippen MR) is 176 cm³/mol. The highest BCUT2D eigenvalue weighted by atomic mass is 16.7. The Labute approximate surface area is 305 Å². The van der Waals surface area contributed by atoms with Crippen LogP contribution in [0.1, 0.15) is 44.6 Å². The minimum Gasteiger partial charge on any atom is -0.504 e. The van der Waals surface area contributed by atoms with Crippen LogP contribution in [-0.2, 0) is 14.2 Å². The number of fused-ring (bicyclic) bond motifs is 9. The van der Waals surface area contributed by atoms with E-state index in [-0.39, 0.29) is 0 Å². The fraction of sp³-hybridized carbons (Fsp3) is 0.118. The third-order valence-corrected chi connectivity index (χ3v) is 8.78. The van der Waals surface area contributed by atoms with Gasteiger partial charge in [0.25, 0.3) is 0 Å². The van der Waals surface area contributed by atoms with Gasteiger partial charge in [0.15, 0.2) is 57.9 Å². The van der Waals surface area contributed by atoms with E-state index in [9.17, 15) is 85.6 Å². The Kier molecular flexibility index (Phi) is 8.16. The number of phenols is 12. The molecule has 4 aromatic carbocycles. The molecule has 22 heteroatoms. The summed E-state index contributed by atoms with van der Waals surface area (Å²) in [5.74, 6) is -21.2. The zero-order valence-electron chi connectivity index (χ0n) is 27.2. The molecule has 0 aliphatic carbocycles. The molecule has 22 nitrogen and oxygen atoms in total. The van der Waals surface area contributed by atoms with Gasteiger partial charge in [-0.1, -0.05) is 0 Å². The highest BCUT2D eigenvalue weighted by molar-refractivity contribution is 6.14. The first-order valence-corrected chi connectivity index (χ1v) is 15.4. The highest BCUT2D eigenvalue weighted by Crippen LogP contribution is 2.54. The lowest BCUT2D eigenvalue weighted by Crippen LogP contribution is -2.38. The number of phenolic OH excluding ortho intramolecular Hbond substituents is 12. The summed E-state index contributed by atoms with van der Waals surface area (Å²) < 4.78 is 26.8. The maximum atomic E-state index is 14.0. The van der Waals surface area contributed by atoms with Gasteiger partial charge in [-0.2, -0.15) is 0 Å². The molecule has 3 heterocycles. The summed E-state index contributed by atoms with van der Waals surface area (Å²) in [4.78, 5) is 55.2. The zero-order chi connectivity index (χ0) is 40.8. The monoisotopic (exact) mass is 782 g/mol. The van der Waals surface area contributed by atoms with Crippen LogP contribution in [0.15, 0.2) is 42.7 Å². The third kappa shape index (κ3) is 5.27. The Bertz CT molecular complexity index is 2800. The number of aliphatic hydroxyl groups is 1. The molecule has 2 aliphatic rings. The largest absolute Gasteiger partial charge is 0.504 e. The van der Waals surface area contributed by atoms with Gasteiger partial charge < -0.3 is 89.4 Å². The summed E-state index contributed by atoms with van der Waals surface area (Å²) in [5, 5.41) is 133. The van der Waals surface area contributed by atoms with Crippen molar-refractivity contribution in [1.82, 2.24) is 0 Å². The van der Waals surface area contributed by atoms with Gasteiger partial charge in [0.1, 0.15) is 12.7 Å². The molecule has 1 aromatic heterocycles. The van der Waals surface area contributed by atoms with Gasteiger partial charge in [-0.25, -0.2) is 19.2 Å². The van der Waals surface area contributed by atoms with Crippen LogP contribution >= 0.6 is 0 Å². The van der Waals surface area contributed by atoms with E-state index >= 15 is 0 Å². The summed E-state index contributed by atoms with van der Waals surface area (Å²) >= 11 is 0. The van der Waals surface area contributed by atoms with Crippen molar-refractivity contribution in [2.24, 2.45) is 0 Å². The van der Waals surface area contributed by atoms with E-state index in [1.165, 1.54) is 0 Å². The summed E-state index contributed by atoms with van der Waals surface area (Å²) in [6.07, 6.45) is -6.84. The van der Waals surface area contributed by atoms with Gasteiger partial charge in [0, 0.05) is 21.9 Å². The van der Waals surface area contributed by atoms with Crippen molar-refractivity contribution in [3.8, 4) is 80.1 Å². The SMILES string of the molecule is O=C1OCC2OC(O)c3oc(=O)c4cc(O)c(O)c(O)c4c4c(O)c(O)c(O)cc4c(=O)oc3C2OC(=O)c2cc(O)c(O)c(O)c2-c2c1cc(O)c(O)c2O. The lowest BCUT2D eigenvalue weighted by molar-refractivity contribution is -0.210. The summed E-state index contributed by atoms with van der Waals surface area (Å²) in [7, 11) is 0. The van der Waals surface area contributed by atoms with Gasteiger partial charge >= 0.3 is 23.2 Å². The second-order valence-electron chi connectivity index (χ2n) is 12.0. The predicted octanol–water partition coefficient (Wildman–Crippen LogP) is 1.62. The molecule has 290 valence electrons. The summed E-state index contributed by atoms with van der Waals surface area (Å²) in [6, 6.07) is 1.89. The molecule has 13 N–H and O–H groups in total. The number of rotatable bonds is 0. The van der Waals surface area contributed by atoms with E-state index in [1.54, 1.807) is 0 Å². The van der Waals surface area contributed by atoms with Crippen molar-refractivity contribution in [2.75, 3.05) is 6.61 Å². The number of hydrogen-bond acceptors (Lipinski definition) is 22. The first-order valence-electron chi connectivity index (χ1n) is 15.4. The molecule has 0 saturated heterocycles. The molecule has 0 fully saturated rings. The Morgan fingerprint density at radius 3 is 1.39 bits per heavy atom. The minimum absolute atomic E-state index is 0.449. The minimum atomic E-state index is -2.52. The van der Waals surface area contributed by atoms with Gasteiger partial charge in [-0.15, -0.1) is 0 Å². The van der Waals surface area contributed by atoms with E-state index in [4.69, 9.17) is 23.0 Å². The second-order valence-corrected chi connectivity index (χ2v) is 12.0. The molecule has 5 aromatic rings. The zero-order valence-corrected chi connectivity index (χ0v) is 27.2. The topological polar surface area (TPSA) is 385 Å². The van der Waals surface area contributed by atoms with E-state index in [1.807, 2.05) is 0 Å². The van der Waals surface area contributed by atoms with E-state index in [0.29, 0.717) is 24.3 Å². The smallest absolute Gasteiger partial charge is 0.344 e. The molecule has 3 atom stereocenters. The molecule has 0 spiro atoms. The number of ether oxygens (including phenoxy) is 3. The number of esters is 2. The Hall–Kier alpha value is -7.98. The number of cyclic esters (lactones) is 1. The van der Waals surface area contributed by atoms with E-state index in [2.05, 4.69) is 0 Å². The normalized spacial score (nSPS) is 17.7. The third-order valence-electron chi connectivity index (χ3n) is 8.78. The van der Waals surface area contributed by atoms with Crippen LogP contribution in [0.3, 0.4) is 0 Å². The van der Waals surface area contributed by atoms with Crippen molar-refractivity contribution in [3.05, 3.63) is 67.8 Å². The standard InChI is InChI=1S/C34H22O22/c35-10-1-6-15(23(43)19(10)39)16-7(2-11(36)20(40)24(16)44)31(48)54-27-14(5-52-30(6)47)53-34(51)29-28(27)55-32(49)8-3-12(37)21(41)25(45)17(8)18-9(33(50)56-29)4-13(38)22(42)26(18)46/h1-4,14,27,34-46,51H,5H2. The average molecular weight is 783 g/mol. The molecule has 7 rings (SSSR count). The Morgan fingerprint density at radius 1 is 0.500 bits per heavy atom. The van der Waals surface area contributed by atoms with Gasteiger partial charge in [0.05, 0.1) is 21.9 Å². The number of carbonyl (C=O) groups excluding carboxylic acids is 2. The van der Waals surface area contributed by atoms with Crippen LogP contribution < -0.4 is 11.3 Å². The maximum Gasteiger partial charge on any atom is 0.344 e. The van der Waals surface area contributed by atoms with E-state index < -0.39 is 173 Å². The van der Waals surface area contributed by atoms with Crippen molar-refractivity contribution >= 4 is 33.5 Å². The van der Waals surface area contributed by atoms with Crippen molar-refractivity contribution in [1.29, 1.82) is 0 Å². The molecule has 0 radical (unpaired) electrons. The van der Waals surface area contributed by atoms with Gasteiger partial charge in [-0.05, 0) is 24.3 Å². The molecule has 2 aliphatic heterocycles. The first-order chi connectivity index (χ1) is 26.3. The van der Waals surface area contributed by atoms with Crippen molar-refractivity contribution < 1.29 is 99.0 Å². The fourth-order valence-electron chi connectivity index (χ4n) is 6.15. The molecular weight excluding hydrogens is 760 g/mol. The summed E-state index contributed by atoms with van der Waals surface area (Å²) in [5.41, 5.74) is -7.34. The molecule has 0 saturated carbocycles. The maximum absolute atomic E-state index is 14.0. The molecule has 56 heavy (non-hydrogen) atoms. The molecular formula is C34H22O22. The van der Waals surface area contributed by atoms with Gasteiger partial charge in [0.2, 0.25) is 35.0 Å². The van der Waals surface area contributed by atoms with Crippen LogP contribution in [0, 0.1) is 0 Å². The lowest BCUT2D eigenvalue weighted by atomic mass is 9.92.